The van der Waals surface area contributed by atoms with Gasteiger partial charge in [0.05, 0.1) is 37.3 Å². The van der Waals surface area contributed by atoms with Crippen molar-refractivity contribution in [1.29, 1.82) is 0 Å². The zero-order valence-corrected chi connectivity index (χ0v) is 14.4. The quantitative estimate of drug-likeness (QED) is 0.856. The first-order valence-corrected chi connectivity index (χ1v) is 8.24. The normalized spacial score (nSPS) is 14.0. The number of anilines is 2. The van der Waals surface area contributed by atoms with Crippen LogP contribution in [0.25, 0.3) is 0 Å². The first-order valence-electron chi connectivity index (χ1n) is 8.24. The smallest absolute Gasteiger partial charge is 0.335 e. The fourth-order valence-electron chi connectivity index (χ4n) is 2.79. The SMILES string of the molecule is COc1ccc(C(=O)Nc2cc(C(=O)O)ccc2N2CCOCC2)cc1. The van der Waals surface area contributed by atoms with Gasteiger partial charge in [-0.25, -0.2) is 4.79 Å². The highest BCUT2D eigenvalue weighted by Gasteiger charge is 2.18. The van der Waals surface area contributed by atoms with E-state index in [1.807, 2.05) is 0 Å². The number of ether oxygens (including phenoxy) is 2. The summed E-state index contributed by atoms with van der Waals surface area (Å²) in [6, 6.07) is 11.5. The number of carbonyl (C=O) groups excluding carboxylic acids is 1. The number of nitrogens with one attached hydrogen (secondary N) is 1. The highest BCUT2D eigenvalue weighted by atomic mass is 16.5. The summed E-state index contributed by atoms with van der Waals surface area (Å²) in [7, 11) is 1.56. The predicted octanol–water partition coefficient (Wildman–Crippen LogP) is 2.48. The van der Waals surface area contributed by atoms with Crippen molar-refractivity contribution in [3.8, 4) is 5.75 Å². The van der Waals surface area contributed by atoms with Gasteiger partial charge in [0, 0.05) is 18.7 Å². The predicted molar refractivity (Wildman–Crippen MR) is 97.4 cm³/mol. The average molecular weight is 356 g/mol. The number of methoxy groups -OCH3 is 1. The van der Waals surface area contributed by atoms with E-state index in [0.717, 1.165) is 5.69 Å². The monoisotopic (exact) mass is 356 g/mol. The van der Waals surface area contributed by atoms with Crippen molar-refractivity contribution in [1.82, 2.24) is 0 Å². The molecule has 1 heterocycles. The van der Waals surface area contributed by atoms with Crippen LogP contribution in [-0.4, -0.2) is 50.4 Å². The van der Waals surface area contributed by atoms with Crippen LogP contribution < -0.4 is 15.0 Å². The minimum atomic E-state index is -1.04. The molecule has 0 atom stereocenters. The maximum absolute atomic E-state index is 12.6. The van der Waals surface area contributed by atoms with Crippen molar-refractivity contribution in [3.05, 3.63) is 53.6 Å². The van der Waals surface area contributed by atoms with Crippen molar-refractivity contribution in [2.75, 3.05) is 43.6 Å². The molecule has 0 aromatic heterocycles. The lowest BCUT2D eigenvalue weighted by atomic mass is 10.1. The molecule has 3 rings (SSSR count). The second kappa shape index (κ2) is 7.88. The molecular formula is C19H20N2O5. The van der Waals surface area contributed by atoms with Gasteiger partial charge in [0.1, 0.15) is 5.75 Å². The van der Waals surface area contributed by atoms with Crippen molar-refractivity contribution >= 4 is 23.3 Å². The van der Waals surface area contributed by atoms with Gasteiger partial charge in [-0.1, -0.05) is 0 Å². The largest absolute Gasteiger partial charge is 0.497 e. The molecule has 7 nitrogen and oxygen atoms in total. The topological polar surface area (TPSA) is 88.1 Å². The fourth-order valence-corrected chi connectivity index (χ4v) is 2.79. The number of carbonyl (C=O) groups is 2. The van der Waals surface area contributed by atoms with Crippen LogP contribution in [0.15, 0.2) is 42.5 Å². The van der Waals surface area contributed by atoms with E-state index in [1.165, 1.54) is 12.1 Å². The summed E-state index contributed by atoms with van der Waals surface area (Å²) < 4.78 is 10.5. The number of carboxylic acid groups (broad SMARTS) is 1. The van der Waals surface area contributed by atoms with Gasteiger partial charge in [0.2, 0.25) is 0 Å². The molecule has 0 spiro atoms. The van der Waals surface area contributed by atoms with E-state index in [4.69, 9.17) is 9.47 Å². The molecule has 2 aromatic rings. The van der Waals surface area contributed by atoms with Gasteiger partial charge in [0.25, 0.3) is 5.91 Å². The van der Waals surface area contributed by atoms with E-state index < -0.39 is 5.97 Å². The lowest BCUT2D eigenvalue weighted by molar-refractivity contribution is 0.0696. The number of amides is 1. The highest BCUT2D eigenvalue weighted by Crippen LogP contribution is 2.29. The molecule has 1 aliphatic rings. The summed E-state index contributed by atoms with van der Waals surface area (Å²) in [6.45, 7) is 2.54. The third-order valence-electron chi connectivity index (χ3n) is 4.20. The maximum atomic E-state index is 12.6. The van der Waals surface area contributed by atoms with Gasteiger partial charge in [-0.3, -0.25) is 4.79 Å². The Morgan fingerprint density at radius 3 is 2.35 bits per heavy atom. The number of aromatic carboxylic acids is 1. The summed E-state index contributed by atoms with van der Waals surface area (Å²) in [5, 5.41) is 12.1. The number of rotatable bonds is 5. The standard InChI is InChI=1S/C19H20N2O5/c1-25-15-5-2-13(3-6-15)18(22)20-16-12-14(19(23)24)4-7-17(16)21-8-10-26-11-9-21/h2-7,12H,8-11H2,1H3,(H,20,22)(H,23,24). The van der Waals surface area contributed by atoms with E-state index in [2.05, 4.69) is 10.2 Å². The Morgan fingerprint density at radius 2 is 1.73 bits per heavy atom. The lowest BCUT2D eigenvalue weighted by Gasteiger charge is -2.30. The number of carboxylic acids is 1. The highest BCUT2D eigenvalue weighted by molar-refractivity contribution is 6.06. The first-order chi connectivity index (χ1) is 12.6. The minimum Gasteiger partial charge on any atom is -0.497 e. The summed E-state index contributed by atoms with van der Waals surface area (Å²) in [5.74, 6) is -0.702. The van der Waals surface area contributed by atoms with Gasteiger partial charge in [0.15, 0.2) is 0 Å². The molecule has 1 saturated heterocycles. The van der Waals surface area contributed by atoms with E-state index in [-0.39, 0.29) is 11.5 Å². The summed E-state index contributed by atoms with van der Waals surface area (Å²) >= 11 is 0. The lowest BCUT2D eigenvalue weighted by Crippen LogP contribution is -2.36. The van der Waals surface area contributed by atoms with Crippen LogP contribution in [0.2, 0.25) is 0 Å². The Hall–Kier alpha value is -3.06. The third kappa shape index (κ3) is 3.94. The average Bonchev–Trinajstić information content (AvgIpc) is 2.68. The van der Waals surface area contributed by atoms with Gasteiger partial charge in [-0.2, -0.15) is 0 Å². The van der Waals surface area contributed by atoms with Crippen molar-refractivity contribution in [3.63, 3.8) is 0 Å². The minimum absolute atomic E-state index is 0.118. The van der Waals surface area contributed by atoms with Crippen LogP contribution in [0, 0.1) is 0 Å². The van der Waals surface area contributed by atoms with E-state index in [9.17, 15) is 14.7 Å². The molecule has 1 aliphatic heterocycles. The Kier molecular flexibility index (Phi) is 5.38. The van der Waals surface area contributed by atoms with Gasteiger partial charge in [-0.05, 0) is 42.5 Å². The molecule has 1 fully saturated rings. The maximum Gasteiger partial charge on any atom is 0.335 e. The fraction of sp³-hybridized carbons (Fsp3) is 0.263. The third-order valence-corrected chi connectivity index (χ3v) is 4.20. The number of hydrogen-bond acceptors (Lipinski definition) is 5. The number of hydrogen-bond donors (Lipinski definition) is 2. The second-order valence-corrected chi connectivity index (χ2v) is 5.82. The van der Waals surface area contributed by atoms with Crippen molar-refractivity contribution < 1.29 is 24.2 Å². The molecular weight excluding hydrogens is 336 g/mol. The second-order valence-electron chi connectivity index (χ2n) is 5.82. The van der Waals surface area contributed by atoms with Crippen LogP contribution in [0.3, 0.4) is 0 Å². The first kappa shape index (κ1) is 17.8. The van der Waals surface area contributed by atoms with E-state index >= 15 is 0 Å². The van der Waals surface area contributed by atoms with Crippen LogP contribution in [-0.2, 0) is 4.74 Å². The molecule has 136 valence electrons. The Balaban J connectivity index is 1.88. The van der Waals surface area contributed by atoms with E-state index in [0.29, 0.717) is 43.3 Å². The van der Waals surface area contributed by atoms with Crippen LogP contribution in [0.4, 0.5) is 11.4 Å². The van der Waals surface area contributed by atoms with Crippen LogP contribution >= 0.6 is 0 Å². The molecule has 0 radical (unpaired) electrons. The Labute approximate surface area is 151 Å². The Morgan fingerprint density at radius 1 is 1.08 bits per heavy atom. The summed E-state index contributed by atoms with van der Waals surface area (Å²) in [4.78, 5) is 26.0. The van der Waals surface area contributed by atoms with Crippen molar-refractivity contribution in [2.45, 2.75) is 0 Å². The molecule has 0 bridgehead atoms. The summed E-state index contributed by atoms with van der Waals surface area (Å²) in [5.41, 5.74) is 1.82. The van der Waals surface area contributed by atoms with Crippen molar-refractivity contribution in [2.24, 2.45) is 0 Å². The molecule has 2 aromatic carbocycles. The number of nitrogens with zero attached hydrogens (tertiary/aromatic N) is 1. The van der Waals surface area contributed by atoms with Gasteiger partial charge >= 0.3 is 5.97 Å². The van der Waals surface area contributed by atoms with Gasteiger partial charge in [-0.15, -0.1) is 0 Å². The van der Waals surface area contributed by atoms with Gasteiger partial charge < -0.3 is 24.8 Å². The van der Waals surface area contributed by atoms with Crippen LogP contribution in [0.5, 0.6) is 5.75 Å². The zero-order valence-electron chi connectivity index (χ0n) is 14.4. The zero-order chi connectivity index (χ0) is 18.5. The molecule has 2 N–H and O–H groups in total. The molecule has 0 saturated carbocycles. The molecule has 7 heteroatoms. The number of benzene rings is 2. The molecule has 0 aliphatic carbocycles. The molecule has 1 amide bonds. The molecule has 26 heavy (non-hydrogen) atoms. The number of morpholine rings is 1. The van der Waals surface area contributed by atoms with Crippen LogP contribution in [0.1, 0.15) is 20.7 Å². The summed E-state index contributed by atoms with van der Waals surface area (Å²) in [6.07, 6.45) is 0. The molecule has 0 unspecified atom stereocenters. The Bertz CT molecular complexity index is 798. The van der Waals surface area contributed by atoms with E-state index in [1.54, 1.807) is 37.4 Å².